The molecule has 1 aliphatic carbocycles. The molecule has 0 spiro atoms. The van der Waals surface area contributed by atoms with Gasteiger partial charge in [-0.1, -0.05) is 46.7 Å². The lowest BCUT2D eigenvalue weighted by Crippen LogP contribution is -2.68. The van der Waals surface area contributed by atoms with Crippen LogP contribution in [0.4, 0.5) is 0 Å². The van der Waals surface area contributed by atoms with Crippen LogP contribution in [0.15, 0.2) is 0 Å². The predicted octanol–water partition coefficient (Wildman–Crippen LogP) is 4.52. The first-order valence-electron chi connectivity index (χ1n) is 8.99. The molecule has 2 rings (SSSR count). The van der Waals surface area contributed by atoms with Gasteiger partial charge in [0.25, 0.3) is 0 Å². The minimum absolute atomic E-state index is 0.194. The Morgan fingerprint density at radius 1 is 1.09 bits per heavy atom. The Balaban J connectivity index is 1.95. The highest BCUT2D eigenvalue weighted by atomic mass is 28.3. The van der Waals surface area contributed by atoms with Gasteiger partial charge < -0.3 is 4.57 Å². The molecule has 4 heteroatoms. The van der Waals surface area contributed by atoms with E-state index in [1.54, 1.807) is 0 Å². The second-order valence-electron chi connectivity index (χ2n) is 8.77. The van der Waals surface area contributed by atoms with Crippen molar-refractivity contribution in [2.45, 2.75) is 96.3 Å². The molecule has 0 radical (unpaired) electrons. The summed E-state index contributed by atoms with van der Waals surface area (Å²) in [7, 11) is -1.76. The van der Waals surface area contributed by atoms with Crippen molar-refractivity contribution in [1.82, 2.24) is 4.57 Å². The summed E-state index contributed by atoms with van der Waals surface area (Å²) in [5.41, 5.74) is 0. The van der Waals surface area contributed by atoms with E-state index in [2.05, 4.69) is 38.4 Å². The molecule has 2 atom stereocenters. The fraction of sp³-hybridized carbons (Fsp3) is 0.889. The third-order valence-electron chi connectivity index (χ3n) is 6.26. The van der Waals surface area contributed by atoms with Gasteiger partial charge in [0.05, 0.1) is 0 Å². The van der Waals surface area contributed by atoms with E-state index in [9.17, 15) is 9.59 Å². The lowest BCUT2D eigenvalue weighted by atomic mass is 9.89. The lowest BCUT2D eigenvalue weighted by molar-refractivity contribution is -0.139. The number of nitrogens with zero attached hydrogens (tertiary/aromatic N) is 1. The van der Waals surface area contributed by atoms with Gasteiger partial charge >= 0.3 is 0 Å². The number of amides is 1. The van der Waals surface area contributed by atoms with Gasteiger partial charge in [0.1, 0.15) is 5.78 Å². The summed E-state index contributed by atoms with van der Waals surface area (Å²) in [5, 5.41) is 0.194. The SMILES string of the molecule is CC(C)(C)[Si](C)(C)N1C(=O)C[C@H]1CCC1CCCCCC1=O. The Morgan fingerprint density at radius 2 is 1.77 bits per heavy atom. The van der Waals surface area contributed by atoms with E-state index in [-0.39, 0.29) is 11.0 Å². The van der Waals surface area contributed by atoms with Gasteiger partial charge in [-0.3, -0.25) is 9.59 Å². The zero-order valence-electron chi connectivity index (χ0n) is 15.1. The van der Waals surface area contributed by atoms with Crippen molar-refractivity contribution < 1.29 is 9.59 Å². The highest BCUT2D eigenvalue weighted by Gasteiger charge is 2.51. The zero-order chi connectivity index (χ0) is 16.5. The van der Waals surface area contributed by atoms with Crippen molar-refractivity contribution in [3.63, 3.8) is 0 Å². The van der Waals surface area contributed by atoms with Crippen LogP contribution in [0.2, 0.25) is 18.1 Å². The number of hydrogen-bond donors (Lipinski definition) is 0. The lowest BCUT2D eigenvalue weighted by Gasteiger charge is -2.55. The average Bonchev–Trinajstić information content (AvgIpc) is 2.57. The van der Waals surface area contributed by atoms with Gasteiger partial charge in [0.15, 0.2) is 8.24 Å². The molecule has 1 saturated heterocycles. The number of hydrogen-bond acceptors (Lipinski definition) is 2. The number of β-lactam (4-membered cyclic amide) rings is 1. The van der Waals surface area contributed by atoms with Crippen LogP contribution in [-0.2, 0) is 9.59 Å². The van der Waals surface area contributed by atoms with Crippen molar-refractivity contribution in [3.8, 4) is 0 Å². The first kappa shape index (κ1) is 17.7. The Hall–Kier alpha value is -0.643. The molecule has 0 aromatic carbocycles. The van der Waals surface area contributed by atoms with Crippen LogP contribution in [0.1, 0.15) is 72.1 Å². The molecule has 1 unspecified atom stereocenters. The normalized spacial score (nSPS) is 27.6. The Kier molecular flexibility index (Phi) is 5.20. The average molecular weight is 324 g/mol. The van der Waals surface area contributed by atoms with E-state index in [1.165, 1.54) is 12.8 Å². The smallest absolute Gasteiger partial charge is 0.216 e. The highest BCUT2D eigenvalue weighted by Crippen LogP contribution is 2.44. The summed E-state index contributed by atoms with van der Waals surface area (Å²) >= 11 is 0. The van der Waals surface area contributed by atoms with Crippen LogP contribution < -0.4 is 0 Å². The Morgan fingerprint density at radius 3 is 2.36 bits per heavy atom. The van der Waals surface area contributed by atoms with E-state index in [1.807, 2.05) is 0 Å². The van der Waals surface area contributed by atoms with Crippen molar-refractivity contribution >= 4 is 19.9 Å². The van der Waals surface area contributed by atoms with E-state index < -0.39 is 8.24 Å². The van der Waals surface area contributed by atoms with Crippen LogP contribution in [0.3, 0.4) is 0 Å². The molecule has 2 fully saturated rings. The maximum Gasteiger partial charge on any atom is 0.216 e. The molecular formula is C18H33NO2Si. The Bertz CT molecular complexity index is 439. The van der Waals surface area contributed by atoms with Crippen LogP contribution in [0.5, 0.6) is 0 Å². The summed E-state index contributed by atoms with van der Waals surface area (Å²) < 4.78 is 2.23. The van der Waals surface area contributed by atoms with Crippen molar-refractivity contribution in [2.75, 3.05) is 0 Å². The molecule has 22 heavy (non-hydrogen) atoms. The third-order valence-corrected chi connectivity index (χ3v) is 11.8. The number of carbonyl (C=O) groups is 2. The third kappa shape index (κ3) is 3.47. The fourth-order valence-electron chi connectivity index (χ4n) is 3.77. The standard InChI is InChI=1S/C18H33NO2Si/c1-18(2,3)22(4,5)19-15(13-17(19)21)12-11-14-9-7-6-8-10-16(14)20/h14-15H,6-13H2,1-5H3/t14?,15-/m1/s1. The molecular weight excluding hydrogens is 290 g/mol. The first-order valence-corrected chi connectivity index (χ1v) is 11.9. The largest absolute Gasteiger partial charge is 0.366 e. The predicted molar refractivity (Wildman–Crippen MR) is 93.3 cm³/mol. The Labute approximate surface area is 136 Å². The molecule has 126 valence electrons. The molecule has 1 aliphatic heterocycles. The van der Waals surface area contributed by atoms with Crippen LogP contribution >= 0.6 is 0 Å². The zero-order valence-corrected chi connectivity index (χ0v) is 16.1. The summed E-state index contributed by atoms with van der Waals surface area (Å²) in [6.45, 7) is 11.4. The van der Waals surface area contributed by atoms with Crippen molar-refractivity contribution in [2.24, 2.45) is 5.92 Å². The number of carbonyl (C=O) groups excluding carboxylic acids is 2. The first-order chi connectivity index (χ1) is 10.1. The van der Waals surface area contributed by atoms with Gasteiger partial charge in [-0.05, 0) is 30.7 Å². The monoisotopic (exact) mass is 323 g/mol. The number of Topliss-reactive ketones (excluding diaryl/α,β-unsaturated/α-hetero) is 1. The molecule has 1 amide bonds. The number of ketones is 1. The minimum atomic E-state index is -1.76. The molecule has 2 aliphatic rings. The molecule has 0 N–H and O–H groups in total. The molecule has 1 saturated carbocycles. The van der Waals surface area contributed by atoms with Crippen LogP contribution in [-0.4, -0.2) is 30.5 Å². The van der Waals surface area contributed by atoms with E-state index in [0.717, 1.165) is 32.1 Å². The van der Waals surface area contributed by atoms with Crippen LogP contribution in [0.25, 0.3) is 0 Å². The van der Waals surface area contributed by atoms with E-state index in [4.69, 9.17) is 0 Å². The molecule has 3 nitrogen and oxygen atoms in total. The summed E-state index contributed by atoms with van der Waals surface area (Å²) in [6, 6.07) is 0.393. The van der Waals surface area contributed by atoms with Gasteiger partial charge in [-0.2, -0.15) is 0 Å². The summed E-state index contributed by atoms with van der Waals surface area (Å²) in [6.07, 6.45) is 8.04. The summed E-state index contributed by atoms with van der Waals surface area (Å²) in [5.74, 6) is 1.07. The van der Waals surface area contributed by atoms with Crippen LogP contribution in [0, 0.1) is 5.92 Å². The minimum Gasteiger partial charge on any atom is -0.366 e. The van der Waals surface area contributed by atoms with Crippen molar-refractivity contribution in [3.05, 3.63) is 0 Å². The second kappa shape index (κ2) is 6.46. The highest BCUT2D eigenvalue weighted by molar-refractivity contribution is 6.79. The molecule has 1 heterocycles. The molecule has 0 aromatic rings. The maximum absolute atomic E-state index is 12.2. The van der Waals surface area contributed by atoms with Gasteiger partial charge in [0, 0.05) is 24.8 Å². The van der Waals surface area contributed by atoms with Gasteiger partial charge in [-0.15, -0.1) is 0 Å². The van der Waals surface area contributed by atoms with E-state index in [0.29, 0.717) is 24.2 Å². The quantitative estimate of drug-likeness (QED) is 0.433. The molecule has 0 bridgehead atoms. The fourth-order valence-corrected chi connectivity index (χ4v) is 6.34. The molecule has 0 aromatic heterocycles. The number of rotatable bonds is 4. The van der Waals surface area contributed by atoms with E-state index >= 15 is 0 Å². The van der Waals surface area contributed by atoms with Gasteiger partial charge in [-0.25, -0.2) is 0 Å². The maximum atomic E-state index is 12.2. The van der Waals surface area contributed by atoms with Crippen molar-refractivity contribution in [1.29, 1.82) is 0 Å². The topological polar surface area (TPSA) is 37.4 Å². The second-order valence-corrected chi connectivity index (χ2v) is 13.9. The van der Waals surface area contributed by atoms with Gasteiger partial charge in [0.2, 0.25) is 5.91 Å². The summed E-state index contributed by atoms with van der Waals surface area (Å²) in [4.78, 5) is 24.4.